The van der Waals surface area contributed by atoms with E-state index in [0.717, 1.165) is 6.92 Å². The van der Waals surface area contributed by atoms with Crippen molar-refractivity contribution in [3.8, 4) is 0 Å². The lowest BCUT2D eigenvalue weighted by atomic mass is 9.92. The van der Waals surface area contributed by atoms with E-state index in [2.05, 4.69) is 11.3 Å². The van der Waals surface area contributed by atoms with Gasteiger partial charge in [-0.2, -0.15) is 39.5 Å². The molecule has 0 aromatic carbocycles. The maximum Gasteiger partial charge on any atom is 0.460 e. The van der Waals surface area contributed by atoms with Gasteiger partial charge in [-0.3, -0.25) is 0 Å². The molecule has 0 saturated carbocycles. The summed E-state index contributed by atoms with van der Waals surface area (Å²) in [7, 11) is 0. The van der Waals surface area contributed by atoms with Gasteiger partial charge >= 0.3 is 29.9 Å². The quantitative estimate of drug-likeness (QED) is 0.340. The highest BCUT2D eigenvalue weighted by molar-refractivity contribution is 5.87. The van der Waals surface area contributed by atoms with Crippen molar-refractivity contribution in [2.75, 3.05) is 0 Å². The van der Waals surface area contributed by atoms with Crippen molar-refractivity contribution in [2.45, 2.75) is 44.1 Å². The molecule has 2 atom stereocenters. The fourth-order valence-corrected chi connectivity index (χ4v) is 1.16. The van der Waals surface area contributed by atoms with Crippen molar-refractivity contribution in [3.63, 3.8) is 0 Å². The molecule has 0 spiro atoms. The second-order valence-corrected chi connectivity index (χ2v) is 4.63. The highest BCUT2D eigenvalue weighted by Gasteiger charge is 2.83. The van der Waals surface area contributed by atoms with Gasteiger partial charge in [-0.1, -0.05) is 13.5 Å². The first-order valence-corrected chi connectivity index (χ1v) is 5.66. The van der Waals surface area contributed by atoms with Crippen LogP contribution >= 0.6 is 0 Å². The smallest absolute Gasteiger partial charge is 0.432 e. The van der Waals surface area contributed by atoms with Crippen molar-refractivity contribution in [1.82, 2.24) is 0 Å². The van der Waals surface area contributed by atoms with E-state index in [-0.39, 0.29) is 6.92 Å². The molecule has 0 amide bonds. The van der Waals surface area contributed by atoms with Gasteiger partial charge in [0.1, 0.15) is 0 Å². The van der Waals surface area contributed by atoms with Crippen molar-refractivity contribution in [1.29, 1.82) is 0 Å². The zero-order valence-corrected chi connectivity index (χ0v) is 11.5. The zero-order valence-electron chi connectivity index (χ0n) is 11.5. The molecule has 2 unspecified atom stereocenters. The molecule has 0 aromatic rings. The molecule has 0 rings (SSSR count). The van der Waals surface area contributed by atoms with Crippen LogP contribution < -0.4 is 0 Å². The number of hydrogen-bond donors (Lipinski definition) is 1. The number of carbonyl (C=O) groups is 1. The summed E-state index contributed by atoms with van der Waals surface area (Å²) in [5.41, 5.74) is -0.466. The predicted molar refractivity (Wildman–Crippen MR) is 57.0 cm³/mol. The summed E-state index contributed by atoms with van der Waals surface area (Å²) in [6.45, 7) is 3.95. The lowest BCUT2D eigenvalue weighted by Crippen LogP contribution is -2.64. The van der Waals surface area contributed by atoms with Gasteiger partial charge in [0, 0.05) is 5.57 Å². The van der Waals surface area contributed by atoms with E-state index in [9.17, 15) is 44.3 Å². The molecular weight excluding hydrogens is 351 g/mol. The largest absolute Gasteiger partial charge is 0.460 e. The van der Waals surface area contributed by atoms with Crippen LogP contribution in [-0.2, 0) is 9.53 Å². The van der Waals surface area contributed by atoms with E-state index in [0.29, 0.717) is 0 Å². The summed E-state index contributed by atoms with van der Waals surface area (Å²) in [5.74, 6) is -24.9. The zero-order chi connectivity index (χ0) is 19.0. The molecule has 1 N–H and O–H groups in total. The van der Waals surface area contributed by atoms with Crippen LogP contribution in [0, 0.1) is 5.92 Å². The fraction of sp³-hybridized carbons (Fsp3) is 0.727. The number of aliphatic hydroxyl groups is 1. The van der Waals surface area contributed by atoms with Crippen LogP contribution in [0.3, 0.4) is 0 Å². The van der Waals surface area contributed by atoms with E-state index in [4.69, 9.17) is 5.11 Å². The number of hydrogen-bond acceptors (Lipinski definition) is 3. The molecule has 23 heavy (non-hydrogen) atoms. The van der Waals surface area contributed by atoms with Crippen molar-refractivity contribution in [3.05, 3.63) is 12.2 Å². The number of halogens is 9. The average Bonchev–Trinajstić information content (AvgIpc) is 2.35. The molecule has 0 aliphatic rings. The van der Waals surface area contributed by atoms with Crippen LogP contribution in [0.5, 0.6) is 0 Å². The minimum atomic E-state index is -7.09. The molecule has 0 heterocycles. The third kappa shape index (κ3) is 3.72. The molecule has 0 saturated heterocycles. The summed E-state index contributed by atoms with van der Waals surface area (Å²) in [6.07, 6.45) is -10.1. The maximum absolute atomic E-state index is 13.4. The number of ether oxygens (including phenoxy) is 1. The van der Waals surface area contributed by atoms with Crippen molar-refractivity contribution < 1.29 is 54.2 Å². The van der Waals surface area contributed by atoms with Gasteiger partial charge < -0.3 is 9.84 Å². The Balaban J connectivity index is 5.60. The summed E-state index contributed by atoms with van der Waals surface area (Å²) < 4.78 is 118. The highest BCUT2D eigenvalue weighted by atomic mass is 19.4. The van der Waals surface area contributed by atoms with E-state index >= 15 is 0 Å². The van der Waals surface area contributed by atoms with Crippen LogP contribution in [0.25, 0.3) is 0 Å². The standard InChI is InChI=1S/C11H11F9O3/c1-4(2)6(21)23-7(22)5(3)8(12,13)9(14,15)10(16,17)11(18,19)20/h5,7,22H,1H2,2-3H3. The summed E-state index contributed by atoms with van der Waals surface area (Å²) in [4.78, 5) is 10.9. The molecule has 3 nitrogen and oxygen atoms in total. The van der Waals surface area contributed by atoms with Crippen LogP contribution in [0.2, 0.25) is 0 Å². The first-order valence-electron chi connectivity index (χ1n) is 5.66. The van der Waals surface area contributed by atoms with Crippen LogP contribution in [0.15, 0.2) is 12.2 Å². The minimum Gasteiger partial charge on any atom is -0.432 e. The van der Waals surface area contributed by atoms with Gasteiger partial charge in [-0.05, 0) is 6.92 Å². The van der Waals surface area contributed by atoms with Gasteiger partial charge in [-0.25, -0.2) is 4.79 Å². The van der Waals surface area contributed by atoms with Gasteiger partial charge in [0.05, 0.1) is 5.92 Å². The summed E-state index contributed by atoms with van der Waals surface area (Å²) in [6, 6.07) is 0. The first-order chi connectivity index (χ1) is 9.91. The summed E-state index contributed by atoms with van der Waals surface area (Å²) in [5, 5.41) is 9.08. The Labute approximate surface area is 123 Å². The molecule has 0 aliphatic carbocycles. The Morgan fingerprint density at radius 1 is 1.00 bits per heavy atom. The Morgan fingerprint density at radius 3 is 1.70 bits per heavy atom. The van der Waals surface area contributed by atoms with E-state index in [1.807, 2.05) is 0 Å². The minimum absolute atomic E-state index is 0.0106. The monoisotopic (exact) mass is 362 g/mol. The lowest BCUT2D eigenvalue weighted by molar-refractivity contribution is -0.408. The molecule has 0 fully saturated rings. The molecule has 12 heteroatoms. The third-order valence-electron chi connectivity index (χ3n) is 2.74. The predicted octanol–water partition coefficient (Wildman–Crippen LogP) is 3.53. The maximum atomic E-state index is 13.4. The lowest BCUT2D eigenvalue weighted by Gasteiger charge is -2.37. The third-order valence-corrected chi connectivity index (χ3v) is 2.74. The van der Waals surface area contributed by atoms with Gasteiger partial charge in [0.25, 0.3) is 0 Å². The van der Waals surface area contributed by atoms with Gasteiger partial charge in [0.2, 0.25) is 6.29 Å². The van der Waals surface area contributed by atoms with Crippen LogP contribution in [0.4, 0.5) is 39.5 Å². The molecule has 0 bridgehead atoms. The van der Waals surface area contributed by atoms with Crippen LogP contribution in [0.1, 0.15) is 13.8 Å². The topological polar surface area (TPSA) is 46.5 Å². The molecule has 0 aliphatic heterocycles. The Kier molecular flexibility index (Phi) is 5.81. The second-order valence-electron chi connectivity index (χ2n) is 4.63. The average molecular weight is 362 g/mol. The Bertz CT molecular complexity index is 470. The number of esters is 1. The summed E-state index contributed by atoms with van der Waals surface area (Å²) >= 11 is 0. The molecule has 0 aromatic heterocycles. The van der Waals surface area contributed by atoms with Gasteiger partial charge in [-0.15, -0.1) is 0 Å². The number of rotatable bonds is 6. The highest BCUT2D eigenvalue weighted by Crippen LogP contribution is 2.55. The van der Waals surface area contributed by atoms with E-state index < -0.39 is 47.7 Å². The van der Waals surface area contributed by atoms with Gasteiger partial charge in [0.15, 0.2) is 0 Å². The van der Waals surface area contributed by atoms with E-state index in [1.165, 1.54) is 0 Å². The number of aliphatic hydroxyl groups excluding tert-OH is 1. The van der Waals surface area contributed by atoms with E-state index in [1.54, 1.807) is 0 Å². The SMILES string of the molecule is C=C(C)C(=O)OC(O)C(C)C(F)(F)C(F)(F)C(F)(F)C(F)(F)F. The molecule has 0 radical (unpaired) electrons. The number of alkyl halides is 9. The normalized spacial score (nSPS) is 16.7. The first kappa shape index (κ1) is 21.5. The van der Waals surface area contributed by atoms with Crippen molar-refractivity contribution >= 4 is 5.97 Å². The van der Waals surface area contributed by atoms with Crippen LogP contribution in [-0.4, -0.2) is 41.3 Å². The molecular formula is C11H11F9O3. The number of carbonyl (C=O) groups excluding carboxylic acids is 1. The van der Waals surface area contributed by atoms with Crippen molar-refractivity contribution in [2.24, 2.45) is 5.92 Å². The molecule has 136 valence electrons. The Morgan fingerprint density at radius 2 is 1.39 bits per heavy atom. The Hall–Kier alpha value is -1.46. The fourth-order valence-electron chi connectivity index (χ4n) is 1.16. The second kappa shape index (κ2) is 6.21.